The van der Waals surface area contributed by atoms with Crippen molar-refractivity contribution in [1.29, 1.82) is 0 Å². The number of hydrogen-bond acceptors (Lipinski definition) is 4. The van der Waals surface area contributed by atoms with Crippen LogP contribution in [0.2, 0.25) is 0 Å². The Balaban J connectivity index is 1.80. The molecule has 2 heterocycles. The van der Waals surface area contributed by atoms with Crippen LogP contribution in [-0.2, 0) is 0 Å². The maximum Gasteiger partial charge on any atom is 0.254 e. The fourth-order valence-electron chi connectivity index (χ4n) is 3.76. The number of benzene rings is 1. The highest BCUT2D eigenvalue weighted by Gasteiger charge is 2.24. The summed E-state index contributed by atoms with van der Waals surface area (Å²) in [5, 5.41) is 0. The monoisotopic (exact) mass is 370 g/mol. The molecule has 1 saturated heterocycles. The molecule has 0 atom stereocenters. The summed E-state index contributed by atoms with van der Waals surface area (Å²) in [7, 11) is 0. The fourth-order valence-corrected chi connectivity index (χ4v) is 3.76. The number of hydrogen-bond donors (Lipinski definition) is 0. The number of anilines is 1. The maximum atomic E-state index is 13.5. The number of rotatable bonds is 3. The molecule has 1 aromatic heterocycles. The van der Waals surface area contributed by atoms with Crippen molar-refractivity contribution in [3.8, 4) is 0 Å². The van der Waals surface area contributed by atoms with Gasteiger partial charge in [0.25, 0.3) is 5.91 Å². The van der Waals surface area contributed by atoms with E-state index in [1.165, 1.54) is 17.7 Å². The van der Waals surface area contributed by atoms with Crippen LogP contribution in [0.1, 0.15) is 53.6 Å². The predicted molar refractivity (Wildman–Crippen MR) is 105 cm³/mol. The molecule has 1 aliphatic heterocycles. The standard InChI is InChI=1S/C21H27FN4O/c1-14(2)19-15(3)23-16(4)24-20(19)25-9-6-10-26(12-11-25)21(27)17-7-5-8-18(22)13-17/h5,7-8,13-14H,6,9-12H2,1-4H3. The summed E-state index contributed by atoms with van der Waals surface area (Å²) < 4.78 is 13.5. The zero-order valence-corrected chi connectivity index (χ0v) is 16.5. The molecule has 144 valence electrons. The van der Waals surface area contributed by atoms with Crippen LogP contribution in [0.15, 0.2) is 24.3 Å². The lowest BCUT2D eigenvalue weighted by molar-refractivity contribution is 0.0766. The molecule has 0 bridgehead atoms. The third-order valence-electron chi connectivity index (χ3n) is 4.96. The highest BCUT2D eigenvalue weighted by molar-refractivity contribution is 5.94. The van der Waals surface area contributed by atoms with Crippen molar-refractivity contribution in [3.63, 3.8) is 0 Å². The molecular weight excluding hydrogens is 343 g/mol. The molecule has 1 aromatic carbocycles. The molecule has 27 heavy (non-hydrogen) atoms. The third-order valence-corrected chi connectivity index (χ3v) is 4.96. The fraction of sp³-hybridized carbons (Fsp3) is 0.476. The second-order valence-corrected chi connectivity index (χ2v) is 7.39. The van der Waals surface area contributed by atoms with Gasteiger partial charge in [0.2, 0.25) is 0 Å². The Morgan fingerprint density at radius 3 is 2.59 bits per heavy atom. The minimum absolute atomic E-state index is 0.115. The van der Waals surface area contributed by atoms with Crippen molar-refractivity contribution in [2.45, 2.75) is 40.0 Å². The van der Waals surface area contributed by atoms with Crippen LogP contribution >= 0.6 is 0 Å². The van der Waals surface area contributed by atoms with Crippen LogP contribution in [-0.4, -0.2) is 47.0 Å². The van der Waals surface area contributed by atoms with Crippen LogP contribution in [0, 0.1) is 19.7 Å². The van der Waals surface area contributed by atoms with Gasteiger partial charge >= 0.3 is 0 Å². The summed E-state index contributed by atoms with van der Waals surface area (Å²) in [6, 6.07) is 5.91. The molecule has 5 nitrogen and oxygen atoms in total. The van der Waals surface area contributed by atoms with Crippen LogP contribution in [0.4, 0.5) is 10.2 Å². The van der Waals surface area contributed by atoms with Gasteiger partial charge in [0.15, 0.2) is 0 Å². The first-order valence-corrected chi connectivity index (χ1v) is 9.51. The SMILES string of the molecule is Cc1nc(C)c(C(C)C)c(N2CCCN(C(=O)c3cccc(F)c3)CC2)n1. The highest BCUT2D eigenvalue weighted by Crippen LogP contribution is 2.29. The number of nitrogens with zero attached hydrogens (tertiary/aromatic N) is 4. The second kappa shape index (κ2) is 8.03. The Morgan fingerprint density at radius 1 is 1.11 bits per heavy atom. The lowest BCUT2D eigenvalue weighted by Gasteiger charge is -2.27. The van der Waals surface area contributed by atoms with E-state index in [1.54, 1.807) is 12.1 Å². The first kappa shape index (κ1) is 19.3. The Bertz CT molecular complexity index is 837. The number of halogens is 1. The largest absolute Gasteiger partial charge is 0.354 e. The van der Waals surface area contributed by atoms with Crippen molar-refractivity contribution < 1.29 is 9.18 Å². The minimum atomic E-state index is -0.384. The molecule has 0 spiro atoms. The molecule has 0 aliphatic carbocycles. The Hall–Kier alpha value is -2.50. The van der Waals surface area contributed by atoms with Gasteiger partial charge in [-0.1, -0.05) is 19.9 Å². The molecule has 2 aromatic rings. The van der Waals surface area contributed by atoms with E-state index >= 15 is 0 Å². The van der Waals surface area contributed by atoms with Gasteiger partial charge in [0, 0.05) is 43.0 Å². The molecule has 0 unspecified atom stereocenters. The summed E-state index contributed by atoms with van der Waals surface area (Å²) in [5.41, 5.74) is 2.59. The number of aryl methyl sites for hydroxylation is 2. The van der Waals surface area contributed by atoms with E-state index in [1.807, 2.05) is 18.7 Å². The maximum absolute atomic E-state index is 13.5. The van der Waals surface area contributed by atoms with Crippen molar-refractivity contribution >= 4 is 11.7 Å². The predicted octanol–water partition coefficient (Wildman–Crippen LogP) is 3.71. The van der Waals surface area contributed by atoms with Crippen LogP contribution in [0.25, 0.3) is 0 Å². The molecule has 3 rings (SSSR count). The summed E-state index contributed by atoms with van der Waals surface area (Å²) in [6.07, 6.45) is 0.848. The van der Waals surface area contributed by atoms with Crippen LogP contribution in [0.5, 0.6) is 0 Å². The van der Waals surface area contributed by atoms with Gasteiger partial charge in [0.05, 0.1) is 0 Å². The first-order valence-electron chi connectivity index (χ1n) is 9.51. The molecule has 0 N–H and O–H groups in total. The van der Waals surface area contributed by atoms with Gasteiger partial charge in [-0.3, -0.25) is 4.79 Å². The van der Waals surface area contributed by atoms with E-state index in [4.69, 9.17) is 4.98 Å². The molecule has 1 aliphatic rings. The van der Waals surface area contributed by atoms with Crippen molar-refractivity contribution in [2.75, 3.05) is 31.1 Å². The minimum Gasteiger partial charge on any atom is -0.354 e. The van der Waals surface area contributed by atoms with E-state index in [9.17, 15) is 9.18 Å². The summed E-state index contributed by atoms with van der Waals surface area (Å²) in [4.78, 5) is 26.1. The molecule has 1 amide bonds. The lowest BCUT2D eigenvalue weighted by atomic mass is 10.0. The number of carbonyl (C=O) groups is 1. The number of amides is 1. The van der Waals surface area contributed by atoms with Gasteiger partial charge < -0.3 is 9.80 Å². The topological polar surface area (TPSA) is 49.3 Å². The van der Waals surface area contributed by atoms with Gasteiger partial charge in [0.1, 0.15) is 17.5 Å². The summed E-state index contributed by atoms with van der Waals surface area (Å²) in [6.45, 7) is 11.0. The quantitative estimate of drug-likeness (QED) is 0.826. The van der Waals surface area contributed by atoms with Crippen molar-refractivity contribution in [1.82, 2.24) is 14.9 Å². The van der Waals surface area contributed by atoms with E-state index in [-0.39, 0.29) is 11.7 Å². The first-order chi connectivity index (χ1) is 12.9. The summed E-state index contributed by atoms with van der Waals surface area (Å²) >= 11 is 0. The number of carbonyl (C=O) groups excluding carboxylic acids is 1. The van der Waals surface area contributed by atoms with Crippen LogP contribution in [0.3, 0.4) is 0 Å². The Kier molecular flexibility index (Phi) is 5.73. The van der Waals surface area contributed by atoms with Gasteiger partial charge in [-0.15, -0.1) is 0 Å². The molecular formula is C21H27FN4O. The van der Waals surface area contributed by atoms with Gasteiger partial charge in [-0.2, -0.15) is 0 Å². The van der Waals surface area contributed by atoms with Crippen LogP contribution < -0.4 is 4.90 Å². The molecule has 6 heteroatoms. The second-order valence-electron chi connectivity index (χ2n) is 7.39. The normalized spacial score (nSPS) is 15.2. The smallest absolute Gasteiger partial charge is 0.254 e. The van der Waals surface area contributed by atoms with E-state index < -0.39 is 0 Å². The Labute approximate surface area is 160 Å². The molecule has 1 fully saturated rings. The highest BCUT2D eigenvalue weighted by atomic mass is 19.1. The van der Waals surface area contributed by atoms with Crippen molar-refractivity contribution in [2.24, 2.45) is 0 Å². The van der Waals surface area contributed by atoms with Crippen molar-refractivity contribution in [3.05, 3.63) is 52.7 Å². The van der Waals surface area contributed by atoms with E-state index in [2.05, 4.69) is 23.7 Å². The number of aromatic nitrogens is 2. The van der Waals surface area contributed by atoms with Gasteiger partial charge in [-0.25, -0.2) is 14.4 Å². The third kappa shape index (κ3) is 4.26. The Morgan fingerprint density at radius 2 is 1.89 bits per heavy atom. The zero-order chi connectivity index (χ0) is 19.6. The summed E-state index contributed by atoms with van der Waals surface area (Å²) in [5.74, 6) is 1.58. The average Bonchev–Trinajstić information content (AvgIpc) is 2.86. The molecule has 0 radical (unpaired) electrons. The van der Waals surface area contributed by atoms with E-state index in [0.717, 1.165) is 30.3 Å². The molecule has 0 saturated carbocycles. The van der Waals surface area contributed by atoms with E-state index in [0.29, 0.717) is 31.1 Å². The zero-order valence-electron chi connectivity index (χ0n) is 16.5. The lowest BCUT2D eigenvalue weighted by Crippen LogP contribution is -2.36. The van der Waals surface area contributed by atoms with Gasteiger partial charge in [-0.05, 0) is 44.4 Å². The average molecular weight is 370 g/mol.